The third kappa shape index (κ3) is 3.48. The summed E-state index contributed by atoms with van der Waals surface area (Å²) in [6, 6.07) is 4.56. The zero-order valence-corrected chi connectivity index (χ0v) is 16.8. The maximum absolute atomic E-state index is 12.9. The van der Waals surface area contributed by atoms with Crippen molar-refractivity contribution >= 4 is 45.8 Å². The number of aryl methyl sites for hydroxylation is 2. The molecule has 0 fully saturated rings. The van der Waals surface area contributed by atoms with Gasteiger partial charge in [-0.1, -0.05) is 23.2 Å². The normalized spacial score (nSPS) is 10.9. The van der Waals surface area contributed by atoms with Gasteiger partial charge >= 0.3 is 5.69 Å². The number of benzene rings is 1. The van der Waals surface area contributed by atoms with Gasteiger partial charge in [-0.3, -0.25) is 14.2 Å². The first-order chi connectivity index (χ1) is 13.2. The Morgan fingerprint density at radius 1 is 1.25 bits per heavy atom. The Morgan fingerprint density at radius 3 is 2.61 bits per heavy atom. The van der Waals surface area contributed by atoms with Gasteiger partial charge in [-0.15, -0.1) is 0 Å². The van der Waals surface area contributed by atoms with Gasteiger partial charge in [0.1, 0.15) is 17.7 Å². The van der Waals surface area contributed by atoms with Crippen molar-refractivity contribution in [1.82, 2.24) is 14.1 Å². The van der Waals surface area contributed by atoms with Crippen molar-refractivity contribution in [2.24, 2.45) is 7.05 Å². The third-order valence-electron chi connectivity index (χ3n) is 4.19. The second kappa shape index (κ2) is 7.65. The Kier molecular flexibility index (Phi) is 5.44. The summed E-state index contributed by atoms with van der Waals surface area (Å²) in [5.74, 6) is -0.263. The molecule has 2 heterocycles. The van der Waals surface area contributed by atoms with Crippen molar-refractivity contribution in [2.75, 3.05) is 12.4 Å². The maximum Gasteiger partial charge on any atom is 0.332 e. The lowest BCUT2D eigenvalue weighted by atomic mass is 10.2. The van der Waals surface area contributed by atoms with Crippen molar-refractivity contribution in [2.45, 2.75) is 13.5 Å². The van der Waals surface area contributed by atoms with Crippen molar-refractivity contribution < 1.29 is 9.53 Å². The number of aromatic nitrogens is 3. The Labute approximate surface area is 169 Å². The van der Waals surface area contributed by atoms with E-state index in [0.29, 0.717) is 22.0 Å². The van der Waals surface area contributed by atoms with E-state index in [1.54, 1.807) is 13.0 Å². The fourth-order valence-corrected chi connectivity index (χ4v) is 3.14. The highest BCUT2D eigenvalue weighted by Crippen LogP contribution is 2.25. The van der Waals surface area contributed by atoms with Crippen LogP contribution in [0.3, 0.4) is 0 Å². The van der Waals surface area contributed by atoms with E-state index in [-0.39, 0.29) is 16.1 Å². The van der Waals surface area contributed by atoms with Crippen LogP contribution in [0.1, 0.15) is 5.56 Å². The van der Waals surface area contributed by atoms with Crippen LogP contribution in [0.4, 0.5) is 5.69 Å². The monoisotopic (exact) mass is 422 g/mol. The number of hydrogen-bond acceptors (Lipinski definition) is 5. The number of hydrogen-bond donors (Lipinski definition) is 1. The molecule has 2 aromatic heterocycles. The molecule has 0 saturated carbocycles. The van der Waals surface area contributed by atoms with Crippen LogP contribution in [0.15, 0.2) is 34.0 Å². The first-order valence-electron chi connectivity index (χ1n) is 8.12. The fourth-order valence-electron chi connectivity index (χ4n) is 2.84. The van der Waals surface area contributed by atoms with Gasteiger partial charge in [-0.2, -0.15) is 0 Å². The molecular formula is C18H16Cl2N4O4. The second-order valence-corrected chi connectivity index (χ2v) is 6.90. The molecule has 146 valence electrons. The van der Waals surface area contributed by atoms with Crippen LogP contribution < -0.4 is 21.3 Å². The number of amides is 1. The third-order valence-corrected chi connectivity index (χ3v) is 4.93. The molecule has 28 heavy (non-hydrogen) atoms. The summed E-state index contributed by atoms with van der Waals surface area (Å²) in [7, 11) is 2.90. The van der Waals surface area contributed by atoms with E-state index in [0.717, 1.165) is 4.57 Å². The van der Waals surface area contributed by atoms with Gasteiger partial charge in [0, 0.05) is 24.5 Å². The smallest absolute Gasteiger partial charge is 0.332 e. The summed E-state index contributed by atoms with van der Waals surface area (Å²) in [6.45, 7) is 1.25. The van der Waals surface area contributed by atoms with Crippen LogP contribution in [0.25, 0.3) is 11.0 Å². The molecule has 1 amide bonds. The lowest BCUT2D eigenvalue weighted by molar-refractivity contribution is -0.116. The molecule has 3 rings (SSSR count). The Balaban J connectivity index is 2.05. The molecule has 0 radical (unpaired) electrons. The minimum Gasteiger partial charge on any atom is -0.495 e. The summed E-state index contributed by atoms with van der Waals surface area (Å²) < 4.78 is 7.35. The zero-order valence-electron chi connectivity index (χ0n) is 15.2. The largest absolute Gasteiger partial charge is 0.495 e. The number of fused-ring (bicyclic) bond motifs is 1. The summed E-state index contributed by atoms with van der Waals surface area (Å²) in [5.41, 5.74) is -0.119. The molecule has 0 saturated heterocycles. The minimum atomic E-state index is -0.666. The first kappa shape index (κ1) is 19.9. The lowest BCUT2D eigenvalue weighted by Crippen LogP contribution is -2.42. The maximum atomic E-state index is 12.9. The van der Waals surface area contributed by atoms with Gasteiger partial charge in [0.25, 0.3) is 5.56 Å². The van der Waals surface area contributed by atoms with E-state index in [1.165, 1.54) is 37.1 Å². The van der Waals surface area contributed by atoms with Crippen LogP contribution in [-0.4, -0.2) is 27.1 Å². The van der Waals surface area contributed by atoms with Crippen molar-refractivity contribution in [3.8, 4) is 5.75 Å². The van der Waals surface area contributed by atoms with Crippen molar-refractivity contribution in [1.29, 1.82) is 0 Å². The van der Waals surface area contributed by atoms with E-state index < -0.39 is 23.7 Å². The average Bonchev–Trinajstić information content (AvgIpc) is 2.66. The molecule has 0 bridgehead atoms. The molecule has 0 atom stereocenters. The summed E-state index contributed by atoms with van der Waals surface area (Å²) in [5, 5.41) is 3.33. The van der Waals surface area contributed by atoms with Gasteiger partial charge in [0.05, 0.1) is 17.2 Å². The number of carbonyl (C=O) groups excluding carboxylic acids is 1. The molecule has 10 heteroatoms. The molecule has 0 spiro atoms. The Hall–Kier alpha value is -2.84. The van der Waals surface area contributed by atoms with Gasteiger partial charge in [-0.05, 0) is 25.1 Å². The number of ether oxygens (including phenoxy) is 1. The topological polar surface area (TPSA) is 95.2 Å². The van der Waals surface area contributed by atoms with Gasteiger partial charge < -0.3 is 10.1 Å². The molecule has 0 unspecified atom stereocenters. The fraction of sp³-hybridized carbons (Fsp3) is 0.222. The van der Waals surface area contributed by atoms with Crippen LogP contribution in [-0.2, 0) is 18.4 Å². The number of anilines is 1. The number of carbonyl (C=O) groups is 1. The summed E-state index contributed by atoms with van der Waals surface area (Å²) >= 11 is 11.8. The highest BCUT2D eigenvalue weighted by Gasteiger charge is 2.19. The average molecular weight is 423 g/mol. The van der Waals surface area contributed by atoms with Crippen LogP contribution >= 0.6 is 23.2 Å². The predicted octanol–water partition coefficient (Wildman–Crippen LogP) is 2.36. The van der Waals surface area contributed by atoms with Crippen LogP contribution in [0, 0.1) is 6.92 Å². The zero-order chi connectivity index (χ0) is 20.6. The van der Waals surface area contributed by atoms with Gasteiger partial charge in [-0.25, -0.2) is 14.3 Å². The Bertz CT molecular complexity index is 1220. The number of nitrogens with one attached hydrogen (secondary N) is 1. The molecule has 8 nitrogen and oxygen atoms in total. The molecule has 1 aromatic carbocycles. The summed E-state index contributed by atoms with van der Waals surface area (Å²) in [4.78, 5) is 42.1. The highest BCUT2D eigenvalue weighted by atomic mass is 35.5. The first-order valence-corrected chi connectivity index (χ1v) is 8.88. The van der Waals surface area contributed by atoms with Crippen molar-refractivity contribution in [3.63, 3.8) is 0 Å². The summed E-state index contributed by atoms with van der Waals surface area (Å²) in [6.07, 6.45) is 1.52. The number of halogens is 2. The number of rotatable bonds is 4. The predicted molar refractivity (Wildman–Crippen MR) is 108 cm³/mol. The van der Waals surface area contributed by atoms with Crippen molar-refractivity contribution in [3.05, 3.63) is 60.8 Å². The number of pyridine rings is 1. The van der Waals surface area contributed by atoms with E-state index >= 15 is 0 Å². The van der Waals surface area contributed by atoms with E-state index in [4.69, 9.17) is 27.9 Å². The molecule has 0 aliphatic heterocycles. The number of nitrogens with zero attached hydrogens (tertiary/aromatic N) is 3. The van der Waals surface area contributed by atoms with Crippen LogP contribution in [0.5, 0.6) is 5.75 Å². The minimum absolute atomic E-state index is 0.131. The molecule has 0 aliphatic carbocycles. The van der Waals surface area contributed by atoms with Gasteiger partial charge in [0.15, 0.2) is 5.65 Å². The standard InChI is InChI=1S/C18H16Cl2N4O4/c1-9-7-21-16-14(15(9)28-3)17(26)24(18(27)23(16)2)8-13(25)22-10-4-5-11(19)12(20)6-10/h4-7H,8H2,1-3H3,(H,22,25). The molecule has 1 N–H and O–H groups in total. The lowest BCUT2D eigenvalue weighted by Gasteiger charge is -2.13. The SMILES string of the molecule is COc1c(C)cnc2c1c(=O)n(CC(=O)Nc1ccc(Cl)c(Cl)c1)c(=O)n2C. The van der Waals surface area contributed by atoms with E-state index in [2.05, 4.69) is 10.3 Å². The highest BCUT2D eigenvalue weighted by molar-refractivity contribution is 6.42. The van der Waals surface area contributed by atoms with E-state index in [1.807, 2.05) is 0 Å². The molecule has 0 aliphatic rings. The van der Waals surface area contributed by atoms with Gasteiger partial charge in [0.2, 0.25) is 5.91 Å². The van der Waals surface area contributed by atoms with Crippen LogP contribution in [0.2, 0.25) is 10.0 Å². The second-order valence-electron chi connectivity index (χ2n) is 6.08. The quantitative estimate of drug-likeness (QED) is 0.695. The number of methoxy groups -OCH3 is 1. The molecule has 3 aromatic rings. The van der Waals surface area contributed by atoms with E-state index in [9.17, 15) is 14.4 Å². The Morgan fingerprint density at radius 2 is 1.96 bits per heavy atom. The molecular weight excluding hydrogens is 407 g/mol.